The van der Waals surface area contributed by atoms with Crippen LogP contribution in [-0.2, 0) is 0 Å². The number of aromatic nitrogens is 3. The number of nitrogens with two attached hydrogens (primary N) is 2. The van der Waals surface area contributed by atoms with Crippen LogP contribution in [0.2, 0.25) is 0 Å². The Morgan fingerprint density at radius 2 is 2.17 bits per heavy atom. The van der Waals surface area contributed by atoms with E-state index in [-0.39, 0.29) is 23.5 Å². The maximum atomic E-state index is 13.0. The van der Waals surface area contributed by atoms with Crippen molar-refractivity contribution in [1.82, 2.24) is 25.3 Å². The molecule has 0 fully saturated rings. The lowest BCUT2D eigenvalue weighted by Gasteiger charge is -2.24. The van der Waals surface area contributed by atoms with Crippen molar-refractivity contribution in [3.05, 3.63) is 65.8 Å². The summed E-state index contributed by atoms with van der Waals surface area (Å²) in [5, 5.41) is 4.41. The van der Waals surface area contributed by atoms with E-state index in [4.69, 9.17) is 16.3 Å². The van der Waals surface area contributed by atoms with Gasteiger partial charge in [0.05, 0.1) is 36.5 Å². The van der Waals surface area contributed by atoms with Crippen LogP contribution in [0.15, 0.2) is 55.3 Å². The molecule has 0 radical (unpaired) electrons. The lowest BCUT2D eigenvalue weighted by molar-refractivity contribution is 0.0929. The van der Waals surface area contributed by atoms with Crippen molar-refractivity contribution in [3.8, 4) is 16.5 Å². The lowest BCUT2D eigenvalue weighted by atomic mass is 10.1. The van der Waals surface area contributed by atoms with Crippen LogP contribution >= 0.6 is 23.3 Å². The molecule has 0 aliphatic heterocycles. The number of hydrogen-bond acceptors (Lipinski definition) is 11. The fourth-order valence-electron chi connectivity index (χ4n) is 2.95. The summed E-state index contributed by atoms with van der Waals surface area (Å²) < 4.78 is 33.1. The second-order valence-corrected chi connectivity index (χ2v) is 8.70. The van der Waals surface area contributed by atoms with E-state index in [0.29, 0.717) is 34.3 Å². The Hall–Kier alpha value is -3.49. The number of carbonyl (C=O) groups excluding carboxylic acids is 1. The average Bonchev–Trinajstić information content (AvgIpc) is 3.34. The van der Waals surface area contributed by atoms with Crippen molar-refractivity contribution in [2.45, 2.75) is 18.7 Å². The van der Waals surface area contributed by atoms with Crippen LogP contribution in [0.4, 0.5) is 14.5 Å². The molecule has 0 saturated heterocycles. The molecule has 0 aliphatic carbocycles. The highest BCUT2D eigenvalue weighted by molar-refractivity contribution is 8.00. The van der Waals surface area contributed by atoms with E-state index >= 15 is 0 Å². The average molecular weight is 523 g/mol. The Bertz CT molecular complexity index is 1150. The molecule has 3 rings (SSSR count). The number of hydrazine groups is 1. The molecule has 2 heterocycles. The van der Waals surface area contributed by atoms with E-state index in [1.807, 2.05) is 6.92 Å². The molecule has 0 spiro atoms. The van der Waals surface area contributed by atoms with E-state index in [1.165, 1.54) is 29.8 Å². The molecule has 2 aromatic heterocycles. The van der Waals surface area contributed by atoms with Crippen LogP contribution in [0.5, 0.6) is 5.88 Å². The Morgan fingerprint density at radius 3 is 2.91 bits per heavy atom. The quantitative estimate of drug-likeness (QED) is 0.159. The summed E-state index contributed by atoms with van der Waals surface area (Å²) in [6.45, 7) is 2.45. The number of thiazole rings is 1. The number of rotatable bonds is 12. The van der Waals surface area contributed by atoms with Gasteiger partial charge in [0.15, 0.2) is 5.01 Å². The van der Waals surface area contributed by atoms with Gasteiger partial charge in [-0.1, -0.05) is 12.1 Å². The van der Waals surface area contributed by atoms with Crippen molar-refractivity contribution < 1.29 is 18.3 Å². The van der Waals surface area contributed by atoms with E-state index in [1.54, 1.807) is 30.5 Å². The van der Waals surface area contributed by atoms with Crippen molar-refractivity contribution in [2.75, 3.05) is 17.9 Å². The number of hydrogen-bond donors (Lipinski definition) is 4. The maximum Gasteiger partial charge on any atom is 0.302 e. The monoisotopic (exact) mass is 522 g/mol. The van der Waals surface area contributed by atoms with Gasteiger partial charge < -0.3 is 25.5 Å². The first-order chi connectivity index (χ1) is 16.9. The first-order valence-corrected chi connectivity index (χ1v) is 12.0. The first kappa shape index (κ1) is 26.1. The Kier molecular flexibility index (Phi) is 9.57. The molecule has 1 atom stereocenters. The molecule has 0 bridgehead atoms. The van der Waals surface area contributed by atoms with Gasteiger partial charge in [0, 0.05) is 36.2 Å². The highest BCUT2D eigenvalue weighted by Crippen LogP contribution is 2.27. The van der Waals surface area contributed by atoms with Crippen molar-refractivity contribution in [2.24, 2.45) is 11.6 Å². The molecular formula is C21H24F2N8O2S2. The topological polar surface area (TPSA) is 144 Å². The molecule has 14 heteroatoms. The number of alkyl halides is 2. The van der Waals surface area contributed by atoms with Gasteiger partial charge >= 0.3 is 5.76 Å². The molecule has 3 aromatic rings. The van der Waals surface area contributed by atoms with Crippen molar-refractivity contribution in [1.29, 1.82) is 0 Å². The zero-order chi connectivity index (χ0) is 25.2. The SMILES string of the molecule is CCOc1cncc(-c2cnc(C(=O)NC(CN(N)/C=C\N)c3cccc(NSC(F)F)c3)s2)n1. The molecular weight excluding hydrogens is 498 g/mol. The number of carbonyl (C=O) groups is 1. The summed E-state index contributed by atoms with van der Waals surface area (Å²) in [7, 11) is 0. The third-order valence-corrected chi connectivity index (χ3v) is 5.94. The molecule has 6 N–H and O–H groups in total. The molecule has 0 aliphatic rings. The fourth-order valence-corrected chi connectivity index (χ4v) is 4.08. The van der Waals surface area contributed by atoms with Gasteiger partial charge in [0.2, 0.25) is 5.88 Å². The predicted molar refractivity (Wildman–Crippen MR) is 132 cm³/mol. The number of benzene rings is 1. The molecule has 0 saturated carbocycles. The Balaban J connectivity index is 1.80. The summed E-state index contributed by atoms with van der Waals surface area (Å²) >= 11 is 1.42. The molecule has 35 heavy (non-hydrogen) atoms. The Labute approximate surface area is 208 Å². The summed E-state index contributed by atoms with van der Waals surface area (Å²) in [5.41, 5.74) is 7.04. The van der Waals surface area contributed by atoms with Crippen molar-refractivity contribution in [3.63, 3.8) is 0 Å². The second-order valence-electron chi connectivity index (χ2n) is 6.88. The van der Waals surface area contributed by atoms with E-state index in [9.17, 15) is 13.6 Å². The van der Waals surface area contributed by atoms with E-state index < -0.39 is 17.7 Å². The zero-order valence-corrected chi connectivity index (χ0v) is 20.2. The second kappa shape index (κ2) is 12.8. The summed E-state index contributed by atoms with van der Waals surface area (Å²) in [6, 6.07) is 6.14. The number of nitrogens with one attached hydrogen (secondary N) is 2. The largest absolute Gasteiger partial charge is 0.477 e. The number of halogens is 2. The summed E-state index contributed by atoms with van der Waals surface area (Å²) in [6.07, 6.45) is 7.30. The molecule has 10 nitrogen and oxygen atoms in total. The first-order valence-electron chi connectivity index (χ1n) is 10.3. The summed E-state index contributed by atoms with van der Waals surface area (Å²) in [5.74, 6) is 3.30. The zero-order valence-electron chi connectivity index (χ0n) is 18.6. The van der Waals surface area contributed by atoms with Gasteiger partial charge in [-0.25, -0.2) is 15.8 Å². The van der Waals surface area contributed by atoms with Crippen LogP contribution < -0.4 is 26.4 Å². The minimum Gasteiger partial charge on any atom is -0.477 e. The van der Waals surface area contributed by atoms with Crippen LogP contribution in [0.25, 0.3) is 10.6 Å². The standard InChI is InChI=1S/C21H24F2N8O2S2/c1-2-33-18-11-26-9-15(28-18)17-10-27-20(34-17)19(32)29-16(12-31(25)7-6-24)13-4-3-5-14(8-13)30-35-21(22)23/h3-11,16,21,30H,2,12,24-25H2,1H3,(H,29,32)/b7-6-. The van der Waals surface area contributed by atoms with E-state index in [0.717, 1.165) is 11.3 Å². The third kappa shape index (κ3) is 7.77. The smallest absolute Gasteiger partial charge is 0.302 e. The van der Waals surface area contributed by atoms with Crippen LogP contribution in [0.1, 0.15) is 28.3 Å². The minimum atomic E-state index is -2.58. The van der Waals surface area contributed by atoms with Gasteiger partial charge in [-0.3, -0.25) is 9.78 Å². The fraction of sp³-hybridized carbons (Fsp3) is 0.238. The van der Waals surface area contributed by atoms with Gasteiger partial charge in [-0.05, 0) is 24.6 Å². The number of ether oxygens (including phenoxy) is 1. The maximum absolute atomic E-state index is 13.0. The number of anilines is 1. The molecule has 1 unspecified atom stereocenters. The van der Waals surface area contributed by atoms with Crippen molar-refractivity contribution >= 4 is 34.9 Å². The minimum absolute atomic E-state index is 0.158. The molecule has 1 aromatic carbocycles. The van der Waals surface area contributed by atoms with Gasteiger partial charge in [0.1, 0.15) is 5.69 Å². The third-order valence-electron chi connectivity index (χ3n) is 4.39. The van der Waals surface area contributed by atoms with Crippen LogP contribution in [-0.4, -0.2) is 44.8 Å². The van der Waals surface area contributed by atoms with Gasteiger partial charge in [-0.15, -0.1) is 11.3 Å². The predicted octanol–water partition coefficient (Wildman–Crippen LogP) is 3.36. The summed E-state index contributed by atoms with van der Waals surface area (Å²) in [4.78, 5) is 26.4. The van der Waals surface area contributed by atoms with Crippen LogP contribution in [0.3, 0.4) is 0 Å². The number of amides is 1. The van der Waals surface area contributed by atoms with E-state index in [2.05, 4.69) is 25.0 Å². The number of nitrogens with zero attached hydrogens (tertiary/aromatic N) is 4. The normalized spacial score (nSPS) is 12.0. The van der Waals surface area contributed by atoms with Gasteiger partial charge in [-0.2, -0.15) is 8.78 Å². The van der Waals surface area contributed by atoms with Crippen LogP contribution in [0, 0.1) is 0 Å². The van der Waals surface area contributed by atoms with Gasteiger partial charge in [0.25, 0.3) is 5.91 Å². The molecule has 1 amide bonds. The Morgan fingerprint density at radius 1 is 1.34 bits per heavy atom. The highest BCUT2D eigenvalue weighted by atomic mass is 32.2. The lowest BCUT2D eigenvalue weighted by Crippen LogP contribution is -2.39. The molecule has 186 valence electrons. The highest BCUT2D eigenvalue weighted by Gasteiger charge is 2.21.